The molecule has 0 aliphatic carbocycles. The summed E-state index contributed by atoms with van der Waals surface area (Å²) in [7, 11) is 0. The lowest BCUT2D eigenvalue weighted by molar-refractivity contribution is -0.122. The van der Waals surface area contributed by atoms with E-state index in [1.54, 1.807) is 11.0 Å². The van der Waals surface area contributed by atoms with E-state index in [2.05, 4.69) is 50.0 Å². The fourth-order valence-corrected chi connectivity index (χ4v) is 3.89. The summed E-state index contributed by atoms with van der Waals surface area (Å²) in [5, 5.41) is 14.2. The van der Waals surface area contributed by atoms with Crippen LogP contribution in [0.1, 0.15) is 31.2 Å². The van der Waals surface area contributed by atoms with Crippen LogP contribution in [0.3, 0.4) is 0 Å². The highest BCUT2D eigenvalue weighted by atomic mass is 16.2. The average Bonchev–Trinajstić information content (AvgIpc) is 3.30. The molecule has 0 saturated carbocycles. The SMILES string of the molecule is O=C(Nc1ccc(-n2cnnn2)cc1)[C@@H]1CCCCN1CCCc1ccccc1. The van der Waals surface area contributed by atoms with Crippen molar-refractivity contribution in [2.45, 2.75) is 38.1 Å². The average molecular weight is 390 g/mol. The Morgan fingerprint density at radius 1 is 1.07 bits per heavy atom. The largest absolute Gasteiger partial charge is 0.325 e. The van der Waals surface area contributed by atoms with Crippen LogP contribution in [0, 0.1) is 0 Å². The summed E-state index contributed by atoms with van der Waals surface area (Å²) in [6.07, 6.45) is 6.84. The number of aryl methyl sites for hydroxylation is 1. The van der Waals surface area contributed by atoms with Crippen LogP contribution in [0.5, 0.6) is 0 Å². The summed E-state index contributed by atoms with van der Waals surface area (Å²) in [6, 6.07) is 18.0. The first-order valence-electron chi connectivity index (χ1n) is 10.2. The standard InChI is InChI=1S/C22H26N6O/c29-22(24-19-11-13-20(14-12-19)28-17-23-25-26-28)21-10-4-5-15-27(21)16-6-9-18-7-2-1-3-8-18/h1-3,7-8,11-14,17,21H,4-6,9-10,15-16H2,(H,24,29)/t21-/m0/s1. The number of hydrogen-bond acceptors (Lipinski definition) is 5. The van der Waals surface area contributed by atoms with Gasteiger partial charge in [-0.1, -0.05) is 36.8 Å². The molecule has 2 heterocycles. The predicted molar refractivity (Wildman–Crippen MR) is 112 cm³/mol. The second-order valence-electron chi connectivity index (χ2n) is 7.43. The van der Waals surface area contributed by atoms with E-state index in [0.717, 1.165) is 56.6 Å². The van der Waals surface area contributed by atoms with Crippen LogP contribution >= 0.6 is 0 Å². The predicted octanol–water partition coefficient (Wildman–Crippen LogP) is 3.09. The van der Waals surface area contributed by atoms with Crippen LogP contribution in [0.25, 0.3) is 5.69 Å². The lowest BCUT2D eigenvalue weighted by atomic mass is 10.00. The minimum atomic E-state index is -0.0567. The van der Waals surface area contributed by atoms with Crippen LogP contribution in [-0.4, -0.2) is 50.1 Å². The van der Waals surface area contributed by atoms with E-state index in [-0.39, 0.29) is 11.9 Å². The normalized spacial score (nSPS) is 17.2. The van der Waals surface area contributed by atoms with Gasteiger partial charge in [-0.2, -0.15) is 0 Å². The summed E-state index contributed by atoms with van der Waals surface area (Å²) in [5.41, 5.74) is 3.00. The third kappa shape index (κ3) is 5.06. The summed E-state index contributed by atoms with van der Waals surface area (Å²) in [5.74, 6) is 0.0829. The molecule has 1 aliphatic rings. The monoisotopic (exact) mass is 390 g/mol. The Hall–Kier alpha value is -3.06. The summed E-state index contributed by atoms with van der Waals surface area (Å²) >= 11 is 0. The molecule has 1 saturated heterocycles. The number of amides is 1. The topological polar surface area (TPSA) is 75.9 Å². The number of nitrogens with one attached hydrogen (secondary N) is 1. The minimum absolute atomic E-state index is 0.0567. The van der Waals surface area contributed by atoms with Crippen molar-refractivity contribution in [1.82, 2.24) is 25.1 Å². The van der Waals surface area contributed by atoms with Crippen LogP contribution in [0.2, 0.25) is 0 Å². The molecule has 1 N–H and O–H groups in total. The molecule has 150 valence electrons. The van der Waals surface area contributed by atoms with Crippen LogP contribution in [0.4, 0.5) is 5.69 Å². The first-order chi connectivity index (χ1) is 14.3. The van der Waals surface area contributed by atoms with Gasteiger partial charge in [0.2, 0.25) is 5.91 Å². The maximum absolute atomic E-state index is 12.9. The third-order valence-electron chi connectivity index (χ3n) is 5.42. The second kappa shape index (κ2) is 9.43. The number of likely N-dealkylation sites (tertiary alicyclic amines) is 1. The van der Waals surface area contributed by atoms with Crippen molar-refractivity contribution < 1.29 is 4.79 Å². The molecular weight excluding hydrogens is 364 g/mol. The molecule has 3 aromatic rings. The number of carbonyl (C=O) groups excluding carboxylic acids is 1. The number of piperidine rings is 1. The Morgan fingerprint density at radius 2 is 1.90 bits per heavy atom. The molecule has 1 aliphatic heterocycles. The van der Waals surface area contributed by atoms with Gasteiger partial charge in [0.1, 0.15) is 6.33 Å². The number of anilines is 1. The fraction of sp³-hybridized carbons (Fsp3) is 0.364. The van der Waals surface area contributed by atoms with E-state index in [9.17, 15) is 4.79 Å². The number of aromatic nitrogens is 4. The highest BCUT2D eigenvalue weighted by molar-refractivity contribution is 5.94. The fourth-order valence-electron chi connectivity index (χ4n) is 3.89. The molecule has 29 heavy (non-hydrogen) atoms. The van der Waals surface area contributed by atoms with Crippen molar-refractivity contribution in [1.29, 1.82) is 0 Å². The van der Waals surface area contributed by atoms with Crippen molar-refractivity contribution >= 4 is 11.6 Å². The lowest BCUT2D eigenvalue weighted by Gasteiger charge is -2.34. The summed E-state index contributed by atoms with van der Waals surface area (Å²) in [6.45, 7) is 1.94. The van der Waals surface area contributed by atoms with Gasteiger partial charge in [-0.05, 0) is 79.0 Å². The van der Waals surface area contributed by atoms with Crippen LogP contribution in [-0.2, 0) is 11.2 Å². The van der Waals surface area contributed by atoms with Crippen LogP contribution < -0.4 is 5.32 Å². The molecule has 7 heteroatoms. The van der Waals surface area contributed by atoms with E-state index < -0.39 is 0 Å². The van der Waals surface area contributed by atoms with Gasteiger partial charge in [0.25, 0.3) is 0 Å². The Balaban J connectivity index is 1.33. The molecule has 0 bridgehead atoms. The molecule has 1 fully saturated rings. The number of rotatable bonds is 7. The molecule has 0 unspecified atom stereocenters. The van der Waals surface area contributed by atoms with E-state index in [1.165, 1.54) is 5.56 Å². The number of carbonyl (C=O) groups is 1. The number of hydrogen-bond donors (Lipinski definition) is 1. The van der Waals surface area contributed by atoms with Gasteiger partial charge in [0, 0.05) is 5.69 Å². The van der Waals surface area contributed by atoms with Gasteiger partial charge < -0.3 is 5.32 Å². The Kier molecular flexibility index (Phi) is 6.26. The minimum Gasteiger partial charge on any atom is -0.325 e. The lowest BCUT2D eigenvalue weighted by Crippen LogP contribution is -2.47. The highest BCUT2D eigenvalue weighted by Gasteiger charge is 2.28. The number of tetrazole rings is 1. The molecule has 7 nitrogen and oxygen atoms in total. The maximum atomic E-state index is 12.9. The van der Waals surface area contributed by atoms with Crippen LogP contribution in [0.15, 0.2) is 60.9 Å². The highest BCUT2D eigenvalue weighted by Crippen LogP contribution is 2.20. The zero-order valence-corrected chi connectivity index (χ0v) is 16.4. The molecule has 1 aromatic heterocycles. The number of benzene rings is 2. The van der Waals surface area contributed by atoms with Gasteiger partial charge in [-0.15, -0.1) is 5.10 Å². The first kappa shape index (κ1) is 19.3. The van der Waals surface area contributed by atoms with Gasteiger partial charge in [0.05, 0.1) is 11.7 Å². The second-order valence-corrected chi connectivity index (χ2v) is 7.43. The van der Waals surface area contributed by atoms with E-state index >= 15 is 0 Å². The molecule has 2 aromatic carbocycles. The van der Waals surface area contributed by atoms with Crippen molar-refractivity contribution in [3.63, 3.8) is 0 Å². The van der Waals surface area contributed by atoms with Crippen molar-refractivity contribution in [3.8, 4) is 5.69 Å². The van der Waals surface area contributed by atoms with E-state index in [4.69, 9.17) is 0 Å². The quantitative estimate of drug-likeness (QED) is 0.671. The van der Waals surface area contributed by atoms with Gasteiger partial charge in [0.15, 0.2) is 0 Å². The first-order valence-corrected chi connectivity index (χ1v) is 10.2. The summed E-state index contributed by atoms with van der Waals surface area (Å²) < 4.78 is 1.58. The third-order valence-corrected chi connectivity index (χ3v) is 5.42. The number of nitrogens with zero attached hydrogens (tertiary/aromatic N) is 5. The molecule has 4 rings (SSSR count). The Labute approximate surface area is 170 Å². The van der Waals surface area contributed by atoms with Crippen molar-refractivity contribution in [2.75, 3.05) is 18.4 Å². The zero-order chi connectivity index (χ0) is 19.9. The molecule has 0 radical (unpaired) electrons. The maximum Gasteiger partial charge on any atom is 0.241 e. The smallest absolute Gasteiger partial charge is 0.241 e. The van der Waals surface area contributed by atoms with Crippen molar-refractivity contribution in [3.05, 3.63) is 66.5 Å². The summed E-state index contributed by atoms with van der Waals surface area (Å²) in [4.78, 5) is 15.3. The van der Waals surface area contributed by atoms with Gasteiger partial charge in [-0.25, -0.2) is 4.68 Å². The van der Waals surface area contributed by atoms with E-state index in [0.29, 0.717) is 0 Å². The van der Waals surface area contributed by atoms with E-state index in [1.807, 2.05) is 30.3 Å². The Morgan fingerprint density at radius 3 is 2.66 bits per heavy atom. The van der Waals surface area contributed by atoms with Crippen molar-refractivity contribution in [2.24, 2.45) is 0 Å². The molecule has 1 amide bonds. The zero-order valence-electron chi connectivity index (χ0n) is 16.4. The van der Waals surface area contributed by atoms with Gasteiger partial charge >= 0.3 is 0 Å². The Bertz CT molecular complexity index is 895. The molecular formula is C22H26N6O. The molecule has 1 atom stereocenters. The van der Waals surface area contributed by atoms with Gasteiger partial charge in [-0.3, -0.25) is 9.69 Å². The molecule has 0 spiro atoms.